The maximum Gasteiger partial charge on any atom is 0.123 e. The molecular weight excluding hydrogens is 224 g/mol. The molecule has 0 spiro atoms. The molecule has 0 fully saturated rings. The van der Waals surface area contributed by atoms with E-state index in [4.69, 9.17) is 4.74 Å². The van der Waals surface area contributed by atoms with Crippen molar-refractivity contribution < 1.29 is 9.84 Å². The number of aliphatic hydroxyl groups excluding tert-OH is 1. The summed E-state index contributed by atoms with van der Waals surface area (Å²) in [6.45, 7) is 9.03. The van der Waals surface area contributed by atoms with Crippen LogP contribution in [-0.4, -0.2) is 17.8 Å². The molecule has 1 heterocycles. The molecule has 1 aromatic carbocycles. The molecule has 1 aliphatic rings. The standard InChI is InChI=1S/C16H24O2/c1-10(2)12-5-6-16-15(7-12)14(11(3)4)8-13(9-17)18-16/h5-7,10-11,13-14,17H,8-9H2,1-4H3. The van der Waals surface area contributed by atoms with Crippen LogP contribution >= 0.6 is 0 Å². The first-order valence-corrected chi connectivity index (χ1v) is 6.94. The van der Waals surface area contributed by atoms with Gasteiger partial charge in [-0.25, -0.2) is 0 Å². The van der Waals surface area contributed by atoms with Crippen LogP contribution in [0, 0.1) is 5.92 Å². The molecule has 0 radical (unpaired) electrons. The summed E-state index contributed by atoms with van der Waals surface area (Å²) in [5, 5.41) is 9.33. The smallest absolute Gasteiger partial charge is 0.123 e. The van der Waals surface area contributed by atoms with Gasteiger partial charge in [-0.3, -0.25) is 0 Å². The normalized spacial score (nSPS) is 23.1. The number of ether oxygens (including phenoxy) is 1. The van der Waals surface area contributed by atoms with Crippen molar-refractivity contribution in [2.24, 2.45) is 5.92 Å². The van der Waals surface area contributed by atoms with Crippen molar-refractivity contribution in [2.45, 2.75) is 52.1 Å². The predicted octanol–water partition coefficient (Wildman–Crippen LogP) is 3.69. The molecular formula is C16H24O2. The molecule has 18 heavy (non-hydrogen) atoms. The van der Waals surface area contributed by atoms with Crippen LogP contribution in [0.5, 0.6) is 5.75 Å². The SMILES string of the molecule is CC(C)c1ccc2c(c1)C(C(C)C)CC(CO)O2. The Bertz CT molecular complexity index is 410. The van der Waals surface area contributed by atoms with E-state index in [1.165, 1.54) is 11.1 Å². The number of aliphatic hydroxyl groups is 1. The van der Waals surface area contributed by atoms with Gasteiger partial charge in [0.15, 0.2) is 0 Å². The summed E-state index contributed by atoms with van der Waals surface area (Å²) in [6, 6.07) is 6.50. The van der Waals surface area contributed by atoms with Gasteiger partial charge in [-0.1, -0.05) is 39.8 Å². The molecule has 0 aromatic heterocycles. The Kier molecular flexibility index (Phi) is 3.96. The van der Waals surface area contributed by atoms with Gasteiger partial charge in [0.05, 0.1) is 6.61 Å². The van der Waals surface area contributed by atoms with E-state index < -0.39 is 0 Å². The number of fused-ring (bicyclic) bond motifs is 1. The van der Waals surface area contributed by atoms with Crippen molar-refractivity contribution in [1.29, 1.82) is 0 Å². The van der Waals surface area contributed by atoms with Gasteiger partial charge in [-0.2, -0.15) is 0 Å². The van der Waals surface area contributed by atoms with Crippen LogP contribution in [0.25, 0.3) is 0 Å². The molecule has 2 unspecified atom stereocenters. The lowest BCUT2D eigenvalue weighted by molar-refractivity contribution is 0.0817. The van der Waals surface area contributed by atoms with Crippen molar-refractivity contribution in [3.8, 4) is 5.75 Å². The van der Waals surface area contributed by atoms with Crippen LogP contribution in [-0.2, 0) is 0 Å². The quantitative estimate of drug-likeness (QED) is 0.884. The highest BCUT2D eigenvalue weighted by Crippen LogP contribution is 2.41. The summed E-state index contributed by atoms with van der Waals surface area (Å²) in [5.74, 6) is 2.57. The fourth-order valence-corrected chi connectivity index (χ4v) is 2.70. The lowest BCUT2D eigenvalue weighted by Gasteiger charge is -2.34. The highest BCUT2D eigenvalue weighted by molar-refractivity contribution is 5.42. The van der Waals surface area contributed by atoms with Crippen LogP contribution in [0.4, 0.5) is 0 Å². The molecule has 0 bridgehead atoms. The van der Waals surface area contributed by atoms with Crippen molar-refractivity contribution in [3.05, 3.63) is 29.3 Å². The average Bonchev–Trinajstić information content (AvgIpc) is 2.36. The summed E-state index contributed by atoms with van der Waals surface area (Å²) in [4.78, 5) is 0. The Balaban J connectivity index is 2.40. The Labute approximate surface area is 110 Å². The number of hydrogen-bond donors (Lipinski definition) is 1. The first-order chi connectivity index (χ1) is 8.52. The zero-order valence-corrected chi connectivity index (χ0v) is 11.8. The van der Waals surface area contributed by atoms with Crippen LogP contribution in [0.1, 0.15) is 57.1 Å². The van der Waals surface area contributed by atoms with Crippen LogP contribution in [0.15, 0.2) is 18.2 Å². The van der Waals surface area contributed by atoms with Gasteiger partial charge in [-0.15, -0.1) is 0 Å². The molecule has 1 aromatic rings. The second kappa shape index (κ2) is 5.31. The molecule has 1 N–H and O–H groups in total. The van der Waals surface area contributed by atoms with Crippen LogP contribution < -0.4 is 4.74 Å². The largest absolute Gasteiger partial charge is 0.488 e. The number of benzene rings is 1. The van der Waals surface area contributed by atoms with Crippen molar-refractivity contribution in [3.63, 3.8) is 0 Å². The number of hydrogen-bond acceptors (Lipinski definition) is 2. The van der Waals surface area contributed by atoms with Crippen molar-refractivity contribution in [2.75, 3.05) is 6.61 Å². The molecule has 0 amide bonds. The van der Waals surface area contributed by atoms with Crippen LogP contribution in [0.2, 0.25) is 0 Å². The summed E-state index contributed by atoms with van der Waals surface area (Å²) in [5.41, 5.74) is 2.69. The van der Waals surface area contributed by atoms with Gasteiger partial charge < -0.3 is 9.84 Å². The van der Waals surface area contributed by atoms with E-state index in [1.807, 2.05) is 0 Å². The summed E-state index contributed by atoms with van der Waals surface area (Å²) in [7, 11) is 0. The summed E-state index contributed by atoms with van der Waals surface area (Å²) in [6.07, 6.45) is 0.873. The van der Waals surface area contributed by atoms with E-state index in [2.05, 4.69) is 45.9 Å². The van der Waals surface area contributed by atoms with Gasteiger partial charge in [0.1, 0.15) is 11.9 Å². The second-order valence-corrected chi connectivity index (χ2v) is 5.96. The molecule has 1 aliphatic heterocycles. The molecule has 2 nitrogen and oxygen atoms in total. The highest BCUT2D eigenvalue weighted by atomic mass is 16.5. The molecule has 2 atom stereocenters. The Morgan fingerprint density at radius 2 is 2.00 bits per heavy atom. The first-order valence-electron chi connectivity index (χ1n) is 6.94. The minimum absolute atomic E-state index is 0.0465. The third kappa shape index (κ3) is 2.54. The Morgan fingerprint density at radius 1 is 1.28 bits per heavy atom. The monoisotopic (exact) mass is 248 g/mol. The first kappa shape index (κ1) is 13.4. The maximum absolute atomic E-state index is 9.33. The molecule has 0 saturated carbocycles. The zero-order valence-electron chi connectivity index (χ0n) is 11.8. The lowest BCUT2D eigenvalue weighted by Crippen LogP contribution is -2.30. The minimum atomic E-state index is -0.0465. The molecule has 2 heteroatoms. The van der Waals surface area contributed by atoms with Gasteiger partial charge in [-0.05, 0) is 41.4 Å². The summed E-state index contributed by atoms with van der Waals surface area (Å²) >= 11 is 0. The third-order valence-electron chi connectivity index (χ3n) is 3.92. The van der Waals surface area contributed by atoms with Crippen LogP contribution in [0.3, 0.4) is 0 Å². The average molecular weight is 248 g/mol. The van der Waals surface area contributed by atoms with Gasteiger partial charge in [0.2, 0.25) is 0 Å². The summed E-state index contributed by atoms with van der Waals surface area (Å²) < 4.78 is 5.85. The van der Waals surface area contributed by atoms with Gasteiger partial charge in [0, 0.05) is 0 Å². The minimum Gasteiger partial charge on any atom is -0.488 e. The van der Waals surface area contributed by atoms with Gasteiger partial charge in [0.25, 0.3) is 0 Å². The van der Waals surface area contributed by atoms with E-state index in [1.54, 1.807) is 0 Å². The number of rotatable bonds is 3. The third-order valence-corrected chi connectivity index (χ3v) is 3.92. The van der Waals surface area contributed by atoms with Gasteiger partial charge >= 0.3 is 0 Å². The molecule has 100 valence electrons. The Morgan fingerprint density at radius 3 is 2.56 bits per heavy atom. The van der Waals surface area contributed by atoms with E-state index in [0.717, 1.165) is 12.2 Å². The van der Waals surface area contributed by atoms with E-state index >= 15 is 0 Å². The highest BCUT2D eigenvalue weighted by Gasteiger charge is 2.30. The molecule has 0 aliphatic carbocycles. The topological polar surface area (TPSA) is 29.5 Å². The van der Waals surface area contributed by atoms with E-state index in [-0.39, 0.29) is 12.7 Å². The fraction of sp³-hybridized carbons (Fsp3) is 0.625. The van der Waals surface area contributed by atoms with Crippen molar-refractivity contribution >= 4 is 0 Å². The predicted molar refractivity (Wildman–Crippen MR) is 74.2 cm³/mol. The maximum atomic E-state index is 9.33. The fourth-order valence-electron chi connectivity index (χ4n) is 2.70. The van der Waals surface area contributed by atoms with E-state index in [0.29, 0.717) is 17.8 Å². The molecule has 0 saturated heterocycles. The van der Waals surface area contributed by atoms with E-state index in [9.17, 15) is 5.11 Å². The zero-order chi connectivity index (χ0) is 13.3. The second-order valence-electron chi connectivity index (χ2n) is 5.96. The Hall–Kier alpha value is -1.02. The molecule has 2 rings (SSSR count). The van der Waals surface area contributed by atoms with Crippen molar-refractivity contribution in [1.82, 2.24) is 0 Å². The lowest BCUT2D eigenvalue weighted by atomic mass is 9.80.